The van der Waals surface area contributed by atoms with E-state index in [0.717, 1.165) is 0 Å². The Labute approximate surface area is 120 Å². The molecule has 0 N–H and O–H groups in total. The third-order valence-corrected chi connectivity index (χ3v) is 3.79. The van der Waals surface area contributed by atoms with Crippen LogP contribution in [0, 0.1) is 0 Å². The molecule has 19 heavy (non-hydrogen) atoms. The van der Waals surface area contributed by atoms with E-state index in [0.29, 0.717) is 0 Å². The summed E-state index contributed by atoms with van der Waals surface area (Å²) in [7, 11) is 4.12. The summed E-state index contributed by atoms with van der Waals surface area (Å²) in [4.78, 5) is 3.43. The molecule has 0 spiro atoms. The molecule has 0 unspecified atom stereocenters. The van der Waals surface area contributed by atoms with E-state index in [2.05, 4.69) is 85.9 Å². The van der Waals surface area contributed by atoms with Crippen LogP contribution in [0.5, 0.6) is 0 Å². The predicted octanol–water partition coefficient (Wildman–Crippen LogP) is 4.64. The number of rotatable bonds is 4. The number of hydrogen-bond donors (Lipinski definition) is 0. The van der Waals surface area contributed by atoms with Crippen molar-refractivity contribution in [1.82, 2.24) is 0 Å². The normalized spacial score (nSPS) is 10.9. The predicted molar refractivity (Wildman–Crippen MR) is 87.9 cm³/mol. The Hall–Kier alpha value is -1.67. The number of hydrogen-bond acceptors (Lipinski definition) is 2. The minimum atomic E-state index is 1.22. The van der Waals surface area contributed by atoms with E-state index in [1.165, 1.54) is 21.7 Å². The number of thioether (sulfide) groups is 1. The van der Waals surface area contributed by atoms with Crippen LogP contribution in [0.15, 0.2) is 53.4 Å². The van der Waals surface area contributed by atoms with Gasteiger partial charge in [0, 0.05) is 24.7 Å². The monoisotopic (exact) mass is 269 g/mol. The standard InChI is InChI=1S/C17H19NS/c1-18(2)16-9-6-7-14(13-16)11-12-15-8-4-5-10-17(15)19-3/h4-13H,1-3H3/b12-11+. The van der Waals surface area contributed by atoms with Gasteiger partial charge >= 0.3 is 0 Å². The fourth-order valence-corrected chi connectivity index (χ4v) is 2.48. The SMILES string of the molecule is CSc1ccccc1/C=C/c1cccc(N(C)C)c1. The summed E-state index contributed by atoms with van der Waals surface area (Å²) in [6.07, 6.45) is 6.46. The summed E-state index contributed by atoms with van der Waals surface area (Å²) < 4.78 is 0. The average Bonchev–Trinajstić information content (AvgIpc) is 2.45. The maximum Gasteiger partial charge on any atom is 0.0367 e. The van der Waals surface area contributed by atoms with Gasteiger partial charge in [-0.3, -0.25) is 0 Å². The largest absolute Gasteiger partial charge is 0.378 e. The molecular formula is C17H19NS. The zero-order valence-corrected chi connectivity index (χ0v) is 12.4. The molecule has 0 aliphatic carbocycles. The maximum atomic E-state index is 2.19. The van der Waals surface area contributed by atoms with E-state index in [1.54, 1.807) is 11.8 Å². The first kappa shape index (κ1) is 13.8. The summed E-state index contributed by atoms with van der Waals surface area (Å²) in [6, 6.07) is 17.0. The first-order valence-corrected chi connectivity index (χ1v) is 7.51. The van der Waals surface area contributed by atoms with Gasteiger partial charge in [0.25, 0.3) is 0 Å². The molecule has 2 aromatic carbocycles. The third-order valence-electron chi connectivity index (χ3n) is 2.98. The van der Waals surface area contributed by atoms with Crippen LogP contribution in [0.4, 0.5) is 5.69 Å². The minimum absolute atomic E-state index is 1.22. The molecular weight excluding hydrogens is 250 g/mol. The molecule has 0 aromatic heterocycles. The summed E-state index contributed by atoms with van der Waals surface area (Å²) in [5.74, 6) is 0. The number of nitrogens with zero attached hydrogens (tertiary/aromatic N) is 1. The molecule has 0 amide bonds. The highest BCUT2D eigenvalue weighted by atomic mass is 32.2. The Kier molecular flexibility index (Phi) is 4.69. The topological polar surface area (TPSA) is 3.24 Å². The summed E-state index contributed by atoms with van der Waals surface area (Å²) >= 11 is 1.78. The van der Waals surface area contributed by atoms with Crippen LogP contribution in [0.3, 0.4) is 0 Å². The van der Waals surface area contributed by atoms with Gasteiger partial charge in [0.2, 0.25) is 0 Å². The van der Waals surface area contributed by atoms with E-state index in [9.17, 15) is 0 Å². The van der Waals surface area contributed by atoms with Crippen molar-refractivity contribution in [2.75, 3.05) is 25.3 Å². The summed E-state index contributed by atoms with van der Waals surface area (Å²) in [6.45, 7) is 0. The first-order valence-electron chi connectivity index (χ1n) is 6.29. The van der Waals surface area contributed by atoms with E-state index in [1.807, 2.05) is 0 Å². The van der Waals surface area contributed by atoms with Gasteiger partial charge in [0.05, 0.1) is 0 Å². The lowest BCUT2D eigenvalue weighted by atomic mass is 10.1. The lowest BCUT2D eigenvalue weighted by molar-refractivity contribution is 1.13. The van der Waals surface area contributed by atoms with Crippen molar-refractivity contribution in [3.8, 4) is 0 Å². The smallest absolute Gasteiger partial charge is 0.0367 e. The highest BCUT2D eigenvalue weighted by molar-refractivity contribution is 7.98. The molecule has 0 aliphatic heterocycles. The molecule has 1 nitrogen and oxygen atoms in total. The molecule has 0 saturated carbocycles. The van der Waals surface area contributed by atoms with Crippen molar-refractivity contribution < 1.29 is 0 Å². The van der Waals surface area contributed by atoms with Crippen molar-refractivity contribution in [2.45, 2.75) is 4.90 Å². The fraction of sp³-hybridized carbons (Fsp3) is 0.176. The highest BCUT2D eigenvalue weighted by Crippen LogP contribution is 2.22. The Morgan fingerprint density at radius 2 is 1.74 bits per heavy atom. The van der Waals surface area contributed by atoms with Crippen LogP contribution < -0.4 is 4.90 Å². The Morgan fingerprint density at radius 3 is 2.47 bits per heavy atom. The van der Waals surface area contributed by atoms with Gasteiger partial charge in [-0.25, -0.2) is 0 Å². The van der Waals surface area contributed by atoms with Gasteiger partial charge in [0.15, 0.2) is 0 Å². The molecule has 0 heterocycles. The molecule has 0 fully saturated rings. The van der Waals surface area contributed by atoms with Crippen LogP contribution >= 0.6 is 11.8 Å². The van der Waals surface area contributed by atoms with Crippen molar-refractivity contribution in [2.24, 2.45) is 0 Å². The second-order valence-electron chi connectivity index (χ2n) is 4.56. The molecule has 0 saturated heterocycles. The molecule has 2 heteroatoms. The summed E-state index contributed by atoms with van der Waals surface area (Å²) in [5.41, 5.74) is 3.72. The zero-order valence-electron chi connectivity index (χ0n) is 11.6. The van der Waals surface area contributed by atoms with Crippen LogP contribution in [0.2, 0.25) is 0 Å². The van der Waals surface area contributed by atoms with Crippen molar-refractivity contribution >= 4 is 29.6 Å². The number of benzene rings is 2. The fourth-order valence-electron chi connectivity index (χ4n) is 1.90. The molecule has 2 rings (SSSR count). The van der Waals surface area contributed by atoms with E-state index >= 15 is 0 Å². The third kappa shape index (κ3) is 3.65. The van der Waals surface area contributed by atoms with E-state index in [-0.39, 0.29) is 0 Å². The minimum Gasteiger partial charge on any atom is -0.378 e. The van der Waals surface area contributed by atoms with Crippen molar-refractivity contribution in [3.63, 3.8) is 0 Å². The van der Waals surface area contributed by atoms with E-state index < -0.39 is 0 Å². The van der Waals surface area contributed by atoms with Gasteiger partial charge < -0.3 is 4.90 Å². The second-order valence-corrected chi connectivity index (χ2v) is 5.41. The zero-order chi connectivity index (χ0) is 13.7. The number of anilines is 1. The van der Waals surface area contributed by atoms with Crippen LogP contribution in [0.1, 0.15) is 11.1 Å². The first-order chi connectivity index (χ1) is 9.20. The average molecular weight is 269 g/mol. The van der Waals surface area contributed by atoms with Crippen LogP contribution in [-0.4, -0.2) is 20.4 Å². The molecule has 0 atom stereocenters. The van der Waals surface area contributed by atoms with Gasteiger partial charge in [0.1, 0.15) is 0 Å². The van der Waals surface area contributed by atoms with Gasteiger partial charge in [-0.2, -0.15) is 0 Å². The van der Waals surface area contributed by atoms with Gasteiger partial charge in [-0.15, -0.1) is 11.8 Å². The maximum absolute atomic E-state index is 2.19. The van der Waals surface area contributed by atoms with Crippen LogP contribution in [0.25, 0.3) is 12.2 Å². The Balaban J connectivity index is 2.25. The molecule has 2 aromatic rings. The Bertz CT molecular complexity index is 573. The second kappa shape index (κ2) is 6.48. The van der Waals surface area contributed by atoms with E-state index in [4.69, 9.17) is 0 Å². The molecule has 0 radical (unpaired) electrons. The van der Waals surface area contributed by atoms with Crippen molar-refractivity contribution in [1.29, 1.82) is 0 Å². The summed E-state index contributed by atoms with van der Waals surface area (Å²) in [5, 5.41) is 0. The lowest BCUT2D eigenvalue weighted by Gasteiger charge is -2.12. The van der Waals surface area contributed by atoms with Gasteiger partial charge in [-0.1, -0.05) is 42.5 Å². The molecule has 98 valence electrons. The molecule has 0 aliphatic rings. The highest BCUT2D eigenvalue weighted by Gasteiger charge is 1.97. The lowest BCUT2D eigenvalue weighted by Crippen LogP contribution is -2.08. The van der Waals surface area contributed by atoms with Gasteiger partial charge in [-0.05, 0) is 35.6 Å². The quantitative estimate of drug-likeness (QED) is 0.587. The van der Waals surface area contributed by atoms with Crippen LogP contribution in [-0.2, 0) is 0 Å². The molecule has 0 bridgehead atoms. The Morgan fingerprint density at radius 1 is 0.947 bits per heavy atom. The van der Waals surface area contributed by atoms with Crippen molar-refractivity contribution in [3.05, 3.63) is 59.7 Å².